The van der Waals surface area contributed by atoms with Gasteiger partial charge in [0, 0.05) is 56.5 Å². The number of rotatable bonds is 6. The van der Waals surface area contributed by atoms with Crippen molar-refractivity contribution >= 4 is 17.7 Å². The van der Waals surface area contributed by atoms with Gasteiger partial charge in [0.1, 0.15) is 18.4 Å². The van der Waals surface area contributed by atoms with Crippen molar-refractivity contribution in [2.24, 2.45) is 0 Å². The van der Waals surface area contributed by atoms with Crippen LogP contribution in [-0.2, 0) is 16.1 Å². The molecule has 0 aliphatic carbocycles. The predicted octanol–water partition coefficient (Wildman–Crippen LogP) is 1.32. The average molecular weight is 420 g/mol. The van der Waals surface area contributed by atoms with Gasteiger partial charge in [0.2, 0.25) is 11.8 Å². The molecule has 2 saturated heterocycles. The van der Waals surface area contributed by atoms with Crippen LogP contribution in [-0.4, -0.2) is 64.8 Å². The lowest BCUT2D eigenvalue weighted by Gasteiger charge is -2.39. The number of hydrogen-bond donors (Lipinski definition) is 1. The maximum atomic E-state index is 12.7. The zero-order valence-corrected chi connectivity index (χ0v) is 17.1. The van der Waals surface area contributed by atoms with E-state index in [1.54, 1.807) is 17.0 Å². The van der Waals surface area contributed by atoms with Crippen molar-refractivity contribution in [3.8, 4) is 5.75 Å². The minimum atomic E-state index is -0.596. The molecule has 5 rings (SSSR count). The zero-order valence-electron chi connectivity index (χ0n) is 17.1. The molecule has 4 heterocycles. The van der Waals surface area contributed by atoms with E-state index in [2.05, 4.69) is 27.3 Å². The SMILES string of the molecule is O=C1CCC(N2Cc3cc(OCCN4CC(c5ccncc5)C4)ccc3C2=O)C(=O)N1. The summed E-state index contributed by atoms with van der Waals surface area (Å²) in [6.45, 7) is 3.82. The highest BCUT2D eigenvalue weighted by atomic mass is 16.5. The van der Waals surface area contributed by atoms with Crippen molar-refractivity contribution in [2.75, 3.05) is 26.2 Å². The zero-order chi connectivity index (χ0) is 21.4. The van der Waals surface area contributed by atoms with E-state index in [4.69, 9.17) is 4.74 Å². The number of nitrogens with one attached hydrogen (secondary N) is 1. The molecule has 2 aromatic rings. The van der Waals surface area contributed by atoms with Crippen LogP contribution in [0.2, 0.25) is 0 Å². The molecule has 2 fully saturated rings. The number of likely N-dealkylation sites (tertiary alicyclic amines) is 1. The molecule has 8 nitrogen and oxygen atoms in total. The Morgan fingerprint density at radius 2 is 1.90 bits per heavy atom. The Kier molecular flexibility index (Phi) is 5.15. The van der Waals surface area contributed by atoms with E-state index >= 15 is 0 Å². The van der Waals surface area contributed by atoms with Gasteiger partial charge in [0.15, 0.2) is 0 Å². The summed E-state index contributed by atoms with van der Waals surface area (Å²) in [5.74, 6) is 0.442. The number of piperidine rings is 1. The lowest BCUT2D eigenvalue weighted by atomic mass is 9.92. The van der Waals surface area contributed by atoms with Gasteiger partial charge in [-0.15, -0.1) is 0 Å². The smallest absolute Gasteiger partial charge is 0.255 e. The average Bonchev–Trinajstić information content (AvgIpc) is 3.06. The quantitative estimate of drug-likeness (QED) is 0.709. The number of benzene rings is 1. The van der Waals surface area contributed by atoms with Crippen molar-refractivity contribution < 1.29 is 19.1 Å². The van der Waals surface area contributed by atoms with Gasteiger partial charge in [-0.25, -0.2) is 0 Å². The molecule has 1 atom stereocenters. The molecular formula is C23H24N4O4. The Balaban J connectivity index is 1.13. The minimum absolute atomic E-state index is 0.168. The Hall–Kier alpha value is -3.26. The molecular weight excluding hydrogens is 396 g/mol. The van der Waals surface area contributed by atoms with E-state index < -0.39 is 11.9 Å². The van der Waals surface area contributed by atoms with Crippen molar-refractivity contribution in [2.45, 2.75) is 31.3 Å². The van der Waals surface area contributed by atoms with Gasteiger partial charge in [-0.1, -0.05) is 0 Å². The van der Waals surface area contributed by atoms with Gasteiger partial charge >= 0.3 is 0 Å². The number of pyridine rings is 1. The largest absolute Gasteiger partial charge is 0.492 e. The number of aromatic nitrogens is 1. The molecule has 3 amide bonds. The third-order valence-electron chi connectivity index (χ3n) is 6.31. The molecule has 1 unspecified atom stereocenters. The van der Waals surface area contributed by atoms with Gasteiger partial charge in [0.05, 0.1) is 0 Å². The maximum absolute atomic E-state index is 12.7. The maximum Gasteiger partial charge on any atom is 0.255 e. The number of hydrogen-bond acceptors (Lipinski definition) is 6. The van der Waals surface area contributed by atoms with Gasteiger partial charge in [0.25, 0.3) is 5.91 Å². The van der Waals surface area contributed by atoms with Crippen LogP contribution in [0.1, 0.15) is 40.2 Å². The van der Waals surface area contributed by atoms with E-state index in [1.807, 2.05) is 18.5 Å². The number of carbonyl (C=O) groups excluding carboxylic acids is 3. The van der Waals surface area contributed by atoms with Crippen LogP contribution in [0.3, 0.4) is 0 Å². The van der Waals surface area contributed by atoms with E-state index in [-0.39, 0.29) is 18.2 Å². The van der Waals surface area contributed by atoms with E-state index in [0.717, 1.165) is 30.9 Å². The molecule has 31 heavy (non-hydrogen) atoms. The second-order valence-electron chi connectivity index (χ2n) is 8.30. The normalized spacial score (nSPS) is 21.6. The van der Waals surface area contributed by atoms with Gasteiger partial charge < -0.3 is 9.64 Å². The molecule has 8 heteroatoms. The van der Waals surface area contributed by atoms with Gasteiger partial charge in [-0.05, 0) is 47.9 Å². The van der Waals surface area contributed by atoms with Crippen molar-refractivity contribution in [1.82, 2.24) is 20.1 Å². The van der Waals surface area contributed by atoms with Crippen LogP contribution in [0.15, 0.2) is 42.7 Å². The Bertz CT molecular complexity index is 1020. The molecule has 0 bridgehead atoms. The first-order valence-electron chi connectivity index (χ1n) is 10.6. The number of imide groups is 1. The molecule has 1 aromatic carbocycles. The fourth-order valence-corrected chi connectivity index (χ4v) is 4.53. The fraction of sp³-hybridized carbons (Fsp3) is 0.391. The Labute approximate surface area is 180 Å². The van der Waals surface area contributed by atoms with Crippen molar-refractivity contribution in [1.29, 1.82) is 0 Å². The monoisotopic (exact) mass is 420 g/mol. The van der Waals surface area contributed by atoms with Gasteiger partial charge in [-0.2, -0.15) is 0 Å². The first-order valence-corrected chi connectivity index (χ1v) is 10.6. The third-order valence-corrected chi connectivity index (χ3v) is 6.31. The number of ether oxygens (including phenoxy) is 1. The van der Waals surface area contributed by atoms with E-state index in [0.29, 0.717) is 31.1 Å². The topological polar surface area (TPSA) is 91.8 Å². The summed E-state index contributed by atoms with van der Waals surface area (Å²) in [6, 6.07) is 9.00. The van der Waals surface area contributed by atoms with Crippen LogP contribution < -0.4 is 10.1 Å². The Morgan fingerprint density at radius 3 is 2.68 bits per heavy atom. The van der Waals surface area contributed by atoms with Gasteiger partial charge in [-0.3, -0.25) is 29.6 Å². The van der Waals surface area contributed by atoms with E-state index in [1.165, 1.54) is 5.56 Å². The van der Waals surface area contributed by atoms with Crippen LogP contribution in [0.25, 0.3) is 0 Å². The van der Waals surface area contributed by atoms with Crippen molar-refractivity contribution in [3.63, 3.8) is 0 Å². The molecule has 1 N–H and O–H groups in total. The summed E-state index contributed by atoms with van der Waals surface area (Å²) in [5.41, 5.74) is 2.78. The van der Waals surface area contributed by atoms with Crippen LogP contribution >= 0.6 is 0 Å². The van der Waals surface area contributed by atoms with Crippen LogP contribution in [0, 0.1) is 0 Å². The molecule has 160 valence electrons. The highest BCUT2D eigenvalue weighted by molar-refractivity contribution is 6.05. The second kappa shape index (κ2) is 8.11. The first-order chi connectivity index (χ1) is 15.1. The standard InChI is InChI=1S/C23H24N4O4/c28-21-4-3-20(22(29)25-21)27-14-16-11-18(1-2-19(16)23(27)30)31-10-9-26-12-17(13-26)15-5-7-24-8-6-15/h1-2,5-8,11,17,20H,3-4,9-10,12-14H2,(H,25,28,29). The summed E-state index contributed by atoms with van der Waals surface area (Å²) in [7, 11) is 0. The third kappa shape index (κ3) is 3.90. The van der Waals surface area contributed by atoms with Crippen molar-refractivity contribution in [3.05, 3.63) is 59.4 Å². The molecule has 0 spiro atoms. The fourth-order valence-electron chi connectivity index (χ4n) is 4.53. The second-order valence-corrected chi connectivity index (χ2v) is 8.30. The number of carbonyl (C=O) groups is 3. The summed E-state index contributed by atoms with van der Waals surface area (Å²) in [6.07, 6.45) is 4.29. The first kappa shape index (κ1) is 19.7. The lowest BCUT2D eigenvalue weighted by molar-refractivity contribution is -0.136. The summed E-state index contributed by atoms with van der Waals surface area (Å²) in [5, 5.41) is 2.32. The number of amides is 3. The minimum Gasteiger partial charge on any atom is -0.492 e. The molecule has 0 saturated carbocycles. The number of fused-ring (bicyclic) bond motifs is 1. The Morgan fingerprint density at radius 1 is 1.10 bits per heavy atom. The lowest BCUT2D eigenvalue weighted by Crippen LogP contribution is -2.52. The molecule has 3 aliphatic rings. The predicted molar refractivity (Wildman–Crippen MR) is 111 cm³/mol. The summed E-state index contributed by atoms with van der Waals surface area (Å²) < 4.78 is 5.92. The summed E-state index contributed by atoms with van der Waals surface area (Å²) >= 11 is 0. The molecule has 1 aromatic heterocycles. The highest BCUT2D eigenvalue weighted by Gasteiger charge is 2.39. The molecule has 3 aliphatic heterocycles. The molecule has 0 radical (unpaired) electrons. The number of nitrogens with zero attached hydrogens (tertiary/aromatic N) is 3. The highest BCUT2D eigenvalue weighted by Crippen LogP contribution is 2.30. The summed E-state index contributed by atoms with van der Waals surface area (Å²) in [4.78, 5) is 44.2. The van der Waals surface area contributed by atoms with Crippen LogP contribution in [0.5, 0.6) is 5.75 Å². The van der Waals surface area contributed by atoms with Crippen LogP contribution in [0.4, 0.5) is 0 Å². The van der Waals surface area contributed by atoms with E-state index in [9.17, 15) is 14.4 Å².